The highest BCUT2D eigenvalue weighted by Gasteiger charge is 2.29. The van der Waals surface area contributed by atoms with Crippen LogP contribution in [0.2, 0.25) is 0 Å². The monoisotopic (exact) mass is 278 g/mol. The summed E-state index contributed by atoms with van der Waals surface area (Å²) in [5.41, 5.74) is 0. The van der Waals surface area contributed by atoms with Crippen molar-refractivity contribution < 1.29 is 4.79 Å². The maximum atomic E-state index is 11.8. The van der Waals surface area contributed by atoms with E-state index in [1.54, 1.807) is 0 Å². The Bertz CT molecular complexity index is 443. The maximum absolute atomic E-state index is 11.8. The van der Waals surface area contributed by atoms with Crippen LogP contribution in [-0.2, 0) is 18.4 Å². The minimum Gasteiger partial charge on any atom is -0.342 e. The van der Waals surface area contributed by atoms with Crippen LogP contribution in [0.3, 0.4) is 0 Å². The van der Waals surface area contributed by atoms with E-state index in [1.807, 2.05) is 35.8 Å². The van der Waals surface area contributed by atoms with E-state index in [2.05, 4.69) is 17.2 Å². The fourth-order valence-electron chi connectivity index (χ4n) is 2.95. The van der Waals surface area contributed by atoms with Gasteiger partial charge in [-0.2, -0.15) is 0 Å². The number of aromatic nitrogens is 2. The number of likely N-dealkylation sites (tertiary alicyclic amines) is 1. The van der Waals surface area contributed by atoms with Gasteiger partial charge in [-0.15, -0.1) is 0 Å². The molecule has 1 amide bonds. The molecule has 0 bridgehead atoms. The highest BCUT2D eigenvalue weighted by molar-refractivity contribution is 5.75. The lowest BCUT2D eigenvalue weighted by molar-refractivity contribution is -0.133. The van der Waals surface area contributed by atoms with Crippen molar-refractivity contribution in [3.8, 4) is 0 Å². The van der Waals surface area contributed by atoms with Crippen LogP contribution in [0, 0.1) is 5.92 Å². The van der Waals surface area contributed by atoms with Gasteiger partial charge in [0.2, 0.25) is 5.91 Å². The summed E-state index contributed by atoms with van der Waals surface area (Å²) >= 11 is 0. The topological polar surface area (TPSA) is 50.2 Å². The van der Waals surface area contributed by atoms with E-state index in [0.29, 0.717) is 18.4 Å². The molecule has 2 rings (SSSR count). The average Bonchev–Trinajstić information content (AvgIpc) is 2.89. The fraction of sp³-hybridized carbons (Fsp3) is 0.733. The van der Waals surface area contributed by atoms with Crippen LogP contribution in [0.15, 0.2) is 12.4 Å². The summed E-state index contributed by atoms with van der Waals surface area (Å²) in [4.78, 5) is 18.2. The van der Waals surface area contributed by atoms with Crippen LogP contribution >= 0.6 is 0 Å². The SMILES string of the molecule is CCC(=O)N1CC[C@H](NCc2nccn2C)[C@H](CC)C1. The van der Waals surface area contributed by atoms with Crippen LogP contribution in [-0.4, -0.2) is 39.5 Å². The molecule has 1 aliphatic rings. The van der Waals surface area contributed by atoms with Crippen molar-refractivity contribution in [2.45, 2.75) is 45.7 Å². The van der Waals surface area contributed by atoms with Crippen LogP contribution in [0.1, 0.15) is 38.9 Å². The lowest BCUT2D eigenvalue weighted by Crippen LogP contribution is -2.50. The first-order valence-electron chi connectivity index (χ1n) is 7.63. The first-order chi connectivity index (χ1) is 9.65. The number of hydrogen-bond acceptors (Lipinski definition) is 3. The molecular formula is C15H26N4O. The van der Waals surface area contributed by atoms with Gasteiger partial charge in [0, 0.05) is 45.0 Å². The molecule has 112 valence electrons. The van der Waals surface area contributed by atoms with E-state index < -0.39 is 0 Å². The molecule has 0 aliphatic carbocycles. The highest BCUT2D eigenvalue weighted by Crippen LogP contribution is 2.21. The smallest absolute Gasteiger partial charge is 0.222 e. The normalized spacial score (nSPS) is 23.1. The number of nitrogens with one attached hydrogen (secondary N) is 1. The molecule has 0 aromatic carbocycles. The number of carbonyl (C=O) groups is 1. The summed E-state index contributed by atoms with van der Waals surface area (Å²) in [5.74, 6) is 1.89. The minimum absolute atomic E-state index is 0.283. The Balaban J connectivity index is 1.89. The van der Waals surface area contributed by atoms with Gasteiger partial charge in [-0.1, -0.05) is 20.3 Å². The number of piperidine rings is 1. The summed E-state index contributed by atoms with van der Waals surface area (Å²) in [6.45, 7) is 6.71. The second-order valence-corrected chi connectivity index (χ2v) is 5.59. The quantitative estimate of drug-likeness (QED) is 0.889. The third-order valence-corrected chi connectivity index (χ3v) is 4.36. The summed E-state index contributed by atoms with van der Waals surface area (Å²) in [7, 11) is 2.02. The van der Waals surface area contributed by atoms with Crippen molar-refractivity contribution in [1.29, 1.82) is 0 Å². The number of rotatable bonds is 5. The number of hydrogen-bond donors (Lipinski definition) is 1. The zero-order valence-electron chi connectivity index (χ0n) is 12.8. The summed E-state index contributed by atoms with van der Waals surface area (Å²) in [6.07, 6.45) is 6.55. The Hall–Kier alpha value is -1.36. The first-order valence-corrected chi connectivity index (χ1v) is 7.63. The Morgan fingerprint density at radius 3 is 2.90 bits per heavy atom. The van der Waals surface area contributed by atoms with Crippen LogP contribution in [0.25, 0.3) is 0 Å². The predicted molar refractivity (Wildman–Crippen MR) is 79.1 cm³/mol. The standard InChI is InChI=1S/C15H26N4O/c1-4-12-11-19(15(20)5-2)8-6-13(12)17-10-14-16-7-9-18(14)3/h7,9,12-13,17H,4-6,8,10-11H2,1-3H3/t12-,13+/m1/s1. The second-order valence-electron chi connectivity index (χ2n) is 5.59. The van der Waals surface area contributed by atoms with Gasteiger partial charge >= 0.3 is 0 Å². The lowest BCUT2D eigenvalue weighted by Gasteiger charge is -2.38. The van der Waals surface area contributed by atoms with Crippen molar-refractivity contribution in [3.63, 3.8) is 0 Å². The van der Waals surface area contributed by atoms with E-state index >= 15 is 0 Å². The molecule has 1 fully saturated rings. The molecule has 0 unspecified atom stereocenters. The zero-order valence-corrected chi connectivity index (χ0v) is 12.8. The maximum Gasteiger partial charge on any atom is 0.222 e. The molecule has 1 aliphatic heterocycles. The third-order valence-electron chi connectivity index (χ3n) is 4.36. The van der Waals surface area contributed by atoms with E-state index in [-0.39, 0.29) is 5.91 Å². The Morgan fingerprint density at radius 2 is 2.30 bits per heavy atom. The minimum atomic E-state index is 0.283. The van der Waals surface area contributed by atoms with Gasteiger partial charge in [-0.3, -0.25) is 4.79 Å². The van der Waals surface area contributed by atoms with Gasteiger partial charge in [-0.05, 0) is 12.3 Å². The van der Waals surface area contributed by atoms with Gasteiger partial charge in [0.1, 0.15) is 5.82 Å². The third kappa shape index (κ3) is 3.39. The lowest BCUT2D eigenvalue weighted by atomic mass is 9.89. The molecular weight excluding hydrogens is 252 g/mol. The number of amides is 1. The number of carbonyl (C=O) groups excluding carboxylic acids is 1. The van der Waals surface area contributed by atoms with Gasteiger partial charge in [-0.25, -0.2) is 4.98 Å². The van der Waals surface area contributed by atoms with Gasteiger partial charge in [0.15, 0.2) is 0 Å². The first kappa shape index (κ1) is 15.0. The van der Waals surface area contributed by atoms with E-state index in [9.17, 15) is 4.79 Å². The molecule has 2 heterocycles. The summed E-state index contributed by atoms with van der Waals surface area (Å²) in [6, 6.07) is 0.484. The second kappa shape index (κ2) is 6.88. The molecule has 5 heteroatoms. The van der Waals surface area contributed by atoms with Gasteiger partial charge in [0.05, 0.1) is 6.54 Å². The van der Waals surface area contributed by atoms with Crippen LogP contribution < -0.4 is 5.32 Å². The molecule has 0 spiro atoms. The predicted octanol–water partition coefficient (Wildman–Crippen LogP) is 1.55. The van der Waals surface area contributed by atoms with E-state index in [0.717, 1.165) is 38.3 Å². The largest absolute Gasteiger partial charge is 0.342 e. The molecule has 1 N–H and O–H groups in total. The number of imidazole rings is 1. The molecule has 1 aromatic heterocycles. The van der Waals surface area contributed by atoms with Crippen molar-refractivity contribution >= 4 is 5.91 Å². The van der Waals surface area contributed by atoms with Crippen LogP contribution in [0.5, 0.6) is 0 Å². The molecule has 1 aromatic rings. The van der Waals surface area contributed by atoms with Crippen molar-refractivity contribution in [2.75, 3.05) is 13.1 Å². The summed E-state index contributed by atoms with van der Waals surface area (Å²) < 4.78 is 2.05. The summed E-state index contributed by atoms with van der Waals surface area (Å²) in [5, 5.41) is 3.62. The zero-order chi connectivity index (χ0) is 14.5. The Kier molecular flexibility index (Phi) is 5.17. The highest BCUT2D eigenvalue weighted by atomic mass is 16.2. The van der Waals surface area contributed by atoms with Gasteiger partial charge < -0.3 is 14.8 Å². The van der Waals surface area contributed by atoms with Gasteiger partial charge in [0.25, 0.3) is 0 Å². The Labute approximate surface area is 121 Å². The number of aryl methyl sites for hydroxylation is 1. The Morgan fingerprint density at radius 1 is 1.50 bits per heavy atom. The number of nitrogens with zero attached hydrogens (tertiary/aromatic N) is 3. The molecule has 0 saturated carbocycles. The molecule has 2 atom stereocenters. The van der Waals surface area contributed by atoms with Crippen molar-refractivity contribution in [2.24, 2.45) is 13.0 Å². The molecule has 5 nitrogen and oxygen atoms in total. The van der Waals surface area contributed by atoms with Crippen molar-refractivity contribution in [1.82, 2.24) is 19.8 Å². The average molecular weight is 278 g/mol. The van der Waals surface area contributed by atoms with Crippen molar-refractivity contribution in [3.05, 3.63) is 18.2 Å². The molecule has 1 saturated heterocycles. The molecule has 0 radical (unpaired) electrons. The molecule has 20 heavy (non-hydrogen) atoms. The van der Waals surface area contributed by atoms with E-state index in [1.165, 1.54) is 0 Å². The fourth-order valence-corrected chi connectivity index (χ4v) is 2.95. The van der Waals surface area contributed by atoms with Crippen LogP contribution in [0.4, 0.5) is 0 Å². The van der Waals surface area contributed by atoms with E-state index in [4.69, 9.17) is 0 Å².